The quantitative estimate of drug-likeness (QED) is 0.569. The molecule has 0 fully saturated rings. The van der Waals surface area contributed by atoms with Crippen LogP contribution in [0.2, 0.25) is 0 Å². The van der Waals surface area contributed by atoms with Crippen molar-refractivity contribution >= 4 is 34.2 Å². The van der Waals surface area contributed by atoms with Crippen LogP contribution in [-0.4, -0.2) is 16.8 Å². The highest BCUT2D eigenvalue weighted by Crippen LogP contribution is 2.22. The van der Waals surface area contributed by atoms with Gasteiger partial charge in [-0.15, -0.1) is 0 Å². The highest BCUT2D eigenvalue weighted by atomic mass is 16.3. The zero-order valence-corrected chi connectivity index (χ0v) is 14.2. The summed E-state index contributed by atoms with van der Waals surface area (Å²) >= 11 is 0. The Labute approximate surface area is 154 Å². The molecule has 0 aliphatic carbocycles. The van der Waals surface area contributed by atoms with Crippen LogP contribution in [0.5, 0.6) is 0 Å². The second-order valence-electron chi connectivity index (χ2n) is 5.84. The first-order valence-corrected chi connectivity index (χ1v) is 8.31. The Balaban J connectivity index is 1.57. The van der Waals surface area contributed by atoms with E-state index in [1.54, 1.807) is 60.9 Å². The number of fused-ring (bicyclic) bond motifs is 1. The highest BCUT2D eigenvalue weighted by molar-refractivity contribution is 6.12. The minimum Gasteiger partial charge on any atom is -0.451 e. The first-order valence-electron chi connectivity index (χ1n) is 8.31. The first-order chi connectivity index (χ1) is 13.2. The fraction of sp³-hybridized carbons (Fsp3) is 0. The van der Waals surface area contributed by atoms with Crippen molar-refractivity contribution in [1.29, 1.82) is 0 Å². The van der Waals surface area contributed by atoms with Crippen molar-refractivity contribution < 1.29 is 14.0 Å². The van der Waals surface area contributed by atoms with Gasteiger partial charge in [0.1, 0.15) is 5.58 Å². The lowest BCUT2D eigenvalue weighted by Crippen LogP contribution is -2.18. The summed E-state index contributed by atoms with van der Waals surface area (Å²) in [7, 11) is 0. The monoisotopic (exact) mass is 357 g/mol. The molecule has 4 rings (SSSR count). The second kappa shape index (κ2) is 7.13. The number of carbonyl (C=O) groups is 2. The molecule has 0 aliphatic heterocycles. The molecule has 6 heteroatoms. The Kier molecular flexibility index (Phi) is 4.37. The van der Waals surface area contributed by atoms with Gasteiger partial charge in [0.05, 0.1) is 23.1 Å². The van der Waals surface area contributed by atoms with Crippen LogP contribution in [-0.2, 0) is 0 Å². The van der Waals surface area contributed by atoms with E-state index >= 15 is 0 Å². The molecular weight excluding hydrogens is 342 g/mol. The zero-order chi connectivity index (χ0) is 18.6. The number of para-hydroxylation sites is 2. The van der Waals surface area contributed by atoms with Gasteiger partial charge in [0, 0.05) is 11.6 Å². The number of nitrogens with one attached hydrogen (secondary N) is 2. The van der Waals surface area contributed by atoms with E-state index in [4.69, 9.17) is 4.42 Å². The minimum absolute atomic E-state index is 0.179. The van der Waals surface area contributed by atoms with E-state index < -0.39 is 5.91 Å². The number of hydrogen-bond donors (Lipinski definition) is 2. The molecule has 6 nitrogen and oxygen atoms in total. The molecule has 2 amide bonds. The van der Waals surface area contributed by atoms with Crippen LogP contribution in [0, 0.1) is 0 Å². The lowest BCUT2D eigenvalue weighted by Gasteiger charge is -2.10. The van der Waals surface area contributed by atoms with E-state index in [0.29, 0.717) is 22.5 Å². The van der Waals surface area contributed by atoms with Crippen LogP contribution in [0.3, 0.4) is 0 Å². The number of hydrogen-bond acceptors (Lipinski definition) is 4. The first kappa shape index (κ1) is 16.5. The van der Waals surface area contributed by atoms with Crippen LogP contribution >= 0.6 is 0 Å². The predicted molar refractivity (Wildman–Crippen MR) is 103 cm³/mol. The van der Waals surface area contributed by atoms with Gasteiger partial charge < -0.3 is 15.1 Å². The molecule has 0 atom stereocenters. The number of anilines is 2. The summed E-state index contributed by atoms with van der Waals surface area (Å²) in [5, 5.41) is 6.34. The Bertz CT molecular complexity index is 1090. The van der Waals surface area contributed by atoms with Crippen molar-refractivity contribution in [1.82, 2.24) is 4.98 Å². The van der Waals surface area contributed by atoms with E-state index in [9.17, 15) is 9.59 Å². The van der Waals surface area contributed by atoms with Gasteiger partial charge in [-0.3, -0.25) is 14.6 Å². The summed E-state index contributed by atoms with van der Waals surface area (Å²) in [6, 6.07) is 19.3. The predicted octanol–water partition coefficient (Wildman–Crippen LogP) is 4.33. The van der Waals surface area contributed by atoms with Crippen LogP contribution < -0.4 is 10.6 Å². The summed E-state index contributed by atoms with van der Waals surface area (Å²) in [5.41, 5.74) is 1.93. The third kappa shape index (κ3) is 3.55. The largest absolute Gasteiger partial charge is 0.451 e. The average molecular weight is 357 g/mol. The normalized spacial score (nSPS) is 10.5. The number of benzene rings is 2. The number of nitrogens with zero attached hydrogens (tertiary/aromatic N) is 1. The molecule has 0 saturated carbocycles. The number of furan rings is 1. The van der Waals surface area contributed by atoms with Crippen LogP contribution in [0.15, 0.2) is 83.5 Å². The van der Waals surface area contributed by atoms with Gasteiger partial charge in [-0.2, -0.15) is 0 Å². The molecule has 2 aromatic carbocycles. The number of pyridine rings is 1. The fourth-order valence-electron chi connectivity index (χ4n) is 2.70. The highest BCUT2D eigenvalue weighted by Gasteiger charge is 2.17. The maximum absolute atomic E-state index is 12.6. The van der Waals surface area contributed by atoms with E-state index in [-0.39, 0.29) is 11.7 Å². The van der Waals surface area contributed by atoms with Gasteiger partial charge in [0.25, 0.3) is 11.8 Å². The molecular formula is C21H15N3O3. The van der Waals surface area contributed by atoms with E-state index in [1.165, 1.54) is 0 Å². The van der Waals surface area contributed by atoms with Crippen LogP contribution in [0.4, 0.5) is 11.4 Å². The summed E-state index contributed by atoms with van der Waals surface area (Å²) in [6.07, 6.45) is 3.17. The van der Waals surface area contributed by atoms with Gasteiger partial charge in [-0.1, -0.05) is 30.3 Å². The van der Waals surface area contributed by atoms with Crippen molar-refractivity contribution in [2.24, 2.45) is 0 Å². The van der Waals surface area contributed by atoms with E-state index in [1.807, 2.05) is 18.2 Å². The molecule has 0 spiro atoms. The molecule has 2 N–H and O–H groups in total. The third-order valence-corrected chi connectivity index (χ3v) is 3.99. The number of aromatic nitrogens is 1. The Morgan fingerprint density at radius 3 is 2.48 bits per heavy atom. The fourth-order valence-corrected chi connectivity index (χ4v) is 2.70. The van der Waals surface area contributed by atoms with Gasteiger partial charge in [-0.25, -0.2) is 0 Å². The van der Waals surface area contributed by atoms with Gasteiger partial charge in [-0.05, 0) is 36.4 Å². The average Bonchev–Trinajstić information content (AvgIpc) is 3.13. The SMILES string of the molecule is O=C(Nc1ccccc1C(=O)Nc1cccnc1)c1cc2ccccc2o1. The number of carbonyl (C=O) groups excluding carboxylic acids is 2. The van der Waals surface area contributed by atoms with Crippen LogP contribution in [0.1, 0.15) is 20.9 Å². The lowest BCUT2D eigenvalue weighted by molar-refractivity contribution is 0.0998. The van der Waals surface area contributed by atoms with Gasteiger partial charge in [0.2, 0.25) is 0 Å². The molecule has 0 radical (unpaired) electrons. The molecule has 0 saturated heterocycles. The maximum Gasteiger partial charge on any atom is 0.291 e. The summed E-state index contributed by atoms with van der Waals surface area (Å²) in [4.78, 5) is 29.1. The van der Waals surface area contributed by atoms with Crippen molar-refractivity contribution in [3.05, 3.63) is 90.4 Å². The minimum atomic E-state index is -0.423. The molecule has 132 valence electrons. The molecule has 0 bridgehead atoms. The van der Waals surface area contributed by atoms with Crippen molar-refractivity contribution in [2.75, 3.05) is 10.6 Å². The van der Waals surface area contributed by atoms with Crippen molar-refractivity contribution in [3.63, 3.8) is 0 Å². The van der Waals surface area contributed by atoms with Gasteiger partial charge in [0.15, 0.2) is 5.76 Å². The van der Waals surface area contributed by atoms with E-state index in [0.717, 1.165) is 5.39 Å². The smallest absolute Gasteiger partial charge is 0.291 e. The molecule has 27 heavy (non-hydrogen) atoms. The maximum atomic E-state index is 12.6. The zero-order valence-electron chi connectivity index (χ0n) is 14.2. The Morgan fingerprint density at radius 1 is 0.852 bits per heavy atom. The third-order valence-electron chi connectivity index (χ3n) is 3.99. The van der Waals surface area contributed by atoms with Crippen LogP contribution in [0.25, 0.3) is 11.0 Å². The Hall–Kier alpha value is -3.93. The lowest BCUT2D eigenvalue weighted by atomic mass is 10.1. The standard InChI is InChI=1S/C21H15N3O3/c25-20(23-15-7-5-11-22-13-15)16-8-2-3-9-17(16)24-21(26)19-12-14-6-1-4-10-18(14)27-19/h1-13H,(H,23,25)(H,24,26). The number of rotatable bonds is 4. The summed E-state index contributed by atoms with van der Waals surface area (Å²) in [6.45, 7) is 0. The molecule has 2 heterocycles. The molecule has 4 aromatic rings. The topological polar surface area (TPSA) is 84.2 Å². The van der Waals surface area contributed by atoms with E-state index in [2.05, 4.69) is 15.6 Å². The molecule has 0 unspecified atom stereocenters. The van der Waals surface area contributed by atoms with Gasteiger partial charge >= 0.3 is 0 Å². The Morgan fingerprint density at radius 2 is 1.67 bits per heavy atom. The second-order valence-corrected chi connectivity index (χ2v) is 5.84. The molecule has 2 aromatic heterocycles. The summed E-state index contributed by atoms with van der Waals surface area (Å²) in [5.74, 6) is -0.588. The molecule has 0 aliphatic rings. The summed E-state index contributed by atoms with van der Waals surface area (Å²) < 4.78 is 5.58. The number of amides is 2. The van der Waals surface area contributed by atoms with Crippen molar-refractivity contribution in [3.8, 4) is 0 Å². The van der Waals surface area contributed by atoms with Crippen molar-refractivity contribution in [2.45, 2.75) is 0 Å².